The van der Waals surface area contributed by atoms with Crippen molar-refractivity contribution in [2.24, 2.45) is 11.8 Å². The van der Waals surface area contributed by atoms with Gasteiger partial charge in [-0.15, -0.1) is 0 Å². The van der Waals surface area contributed by atoms with E-state index in [1.807, 2.05) is 27.7 Å². The first-order valence-electron chi connectivity index (χ1n) is 11.2. The molecule has 0 aliphatic heterocycles. The molecule has 12 nitrogen and oxygen atoms in total. The van der Waals surface area contributed by atoms with Gasteiger partial charge in [-0.3, -0.25) is 24.0 Å². The van der Waals surface area contributed by atoms with E-state index in [0.29, 0.717) is 6.42 Å². The van der Waals surface area contributed by atoms with Crippen molar-refractivity contribution in [3.05, 3.63) is 0 Å². The topological polar surface area (TPSA) is 169 Å². The SMILES string of the molecule is C.C.C.C.C.C.C.C.C.CNC(CC(C)C)C(=O)OCOC(=O)C(CC(C)C)NC(=O)CC(=O)NCNC(=O)CC(C)=O. The van der Waals surface area contributed by atoms with E-state index in [4.69, 9.17) is 9.47 Å². The summed E-state index contributed by atoms with van der Waals surface area (Å²) >= 11 is 0. The van der Waals surface area contributed by atoms with E-state index in [1.165, 1.54) is 6.92 Å². The summed E-state index contributed by atoms with van der Waals surface area (Å²) in [5.41, 5.74) is 0. The lowest BCUT2D eigenvalue weighted by molar-refractivity contribution is -0.171. The number of Topliss-reactive ketones (excluding diaryl/α,β-unsaturated/α-hetero) is 1. The first-order chi connectivity index (χ1) is 15.8. The molecule has 2 atom stereocenters. The van der Waals surface area contributed by atoms with Crippen LogP contribution in [0.15, 0.2) is 0 Å². The molecule has 3 amide bonds. The number of carbonyl (C=O) groups is 6. The Morgan fingerprint density at radius 1 is 0.581 bits per heavy atom. The Morgan fingerprint density at radius 3 is 1.33 bits per heavy atom. The zero-order valence-corrected chi connectivity index (χ0v) is 20.8. The average molecular weight is 631 g/mol. The van der Waals surface area contributed by atoms with Crippen molar-refractivity contribution in [3.8, 4) is 0 Å². The maximum atomic E-state index is 12.4. The van der Waals surface area contributed by atoms with Gasteiger partial charge in [0.25, 0.3) is 0 Å². The van der Waals surface area contributed by atoms with Crippen molar-refractivity contribution in [2.75, 3.05) is 20.5 Å². The zero-order chi connectivity index (χ0) is 26.3. The van der Waals surface area contributed by atoms with Crippen LogP contribution in [-0.2, 0) is 38.2 Å². The summed E-state index contributed by atoms with van der Waals surface area (Å²) in [4.78, 5) is 70.8. The van der Waals surface area contributed by atoms with Crippen LogP contribution in [0.1, 0.15) is 127 Å². The molecule has 266 valence electrons. The van der Waals surface area contributed by atoms with E-state index in [-0.39, 0.29) is 104 Å². The Bertz CT molecular complexity index is 729. The predicted molar refractivity (Wildman–Crippen MR) is 182 cm³/mol. The normalized spacial score (nSPS) is 9.86. The number of hydrogen-bond acceptors (Lipinski definition) is 9. The zero-order valence-electron chi connectivity index (χ0n) is 20.8. The van der Waals surface area contributed by atoms with Gasteiger partial charge in [-0.1, -0.05) is 94.5 Å². The Kier molecular flexibility index (Phi) is 58.2. The molecule has 0 spiro atoms. The minimum absolute atomic E-state index is 0. The maximum Gasteiger partial charge on any atom is 0.331 e. The summed E-state index contributed by atoms with van der Waals surface area (Å²) in [6.07, 6.45) is -0.0952. The average Bonchev–Trinajstić information content (AvgIpc) is 2.70. The molecule has 0 aromatic heterocycles. The number of hydrogen-bond donors (Lipinski definition) is 4. The van der Waals surface area contributed by atoms with Gasteiger partial charge in [-0.2, -0.15) is 0 Å². The summed E-state index contributed by atoms with van der Waals surface area (Å²) in [6, 6.07) is -1.57. The van der Waals surface area contributed by atoms with Crippen LogP contribution in [-0.4, -0.2) is 68.0 Å². The standard InChI is InChI=1S/C22H38N4O8.9CH4/c1-13(2)7-16(23-6)21(31)33-12-34-22(32)17(8-14(3)4)26-20(30)10-19(29)25-11-24-18(28)9-15(5)27;;;;;;;;;/h13-14,16-17,23H,7-12H2,1-6H3,(H,24,28)(H,25,29)(H,26,30);9*1H4. The number of amides is 3. The van der Waals surface area contributed by atoms with Gasteiger partial charge in [0.05, 0.1) is 13.1 Å². The third kappa shape index (κ3) is 35.1. The van der Waals surface area contributed by atoms with Crippen LogP contribution in [0.25, 0.3) is 0 Å². The van der Waals surface area contributed by atoms with Crippen LogP contribution in [0.2, 0.25) is 0 Å². The van der Waals surface area contributed by atoms with Crippen LogP contribution >= 0.6 is 0 Å². The second kappa shape index (κ2) is 37.0. The lowest BCUT2D eigenvalue weighted by Gasteiger charge is -2.20. The Hall–Kier alpha value is -3.02. The molecular weight excluding hydrogens is 556 g/mol. The van der Waals surface area contributed by atoms with Crippen molar-refractivity contribution in [3.63, 3.8) is 0 Å². The van der Waals surface area contributed by atoms with Crippen LogP contribution in [0.3, 0.4) is 0 Å². The summed E-state index contributed by atoms with van der Waals surface area (Å²) in [5.74, 6) is -3.36. The number of nitrogens with one attached hydrogen (secondary N) is 4. The molecule has 0 aromatic rings. The molecule has 2 unspecified atom stereocenters. The Labute approximate surface area is 266 Å². The number of rotatable bonds is 16. The van der Waals surface area contributed by atoms with Crippen molar-refractivity contribution >= 4 is 35.4 Å². The highest BCUT2D eigenvalue weighted by atomic mass is 16.7. The molecule has 0 heterocycles. The van der Waals surface area contributed by atoms with Crippen molar-refractivity contribution < 1.29 is 38.2 Å². The smallest absolute Gasteiger partial charge is 0.331 e. The molecule has 0 rings (SSSR count). The molecule has 4 N–H and O–H groups in total. The molecule has 0 radical (unpaired) electrons. The maximum absolute atomic E-state index is 12.4. The second-order valence-electron chi connectivity index (χ2n) is 8.70. The van der Waals surface area contributed by atoms with Gasteiger partial charge in [0.2, 0.25) is 24.5 Å². The van der Waals surface area contributed by atoms with Gasteiger partial charge in [0, 0.05) is 0 Å². The Balaban J connectivity index is -0.000000151. The molecular formula is C31H74N4O8. The molecule has 43 heavy (non-hydrogen) atoms. The monoisotopic (exact) mass is 631 g/mol. The van der Waals surface area contributed by atoms with Crippen molar-refractivity contribution in [1.82, 2.24) is 21.3 Å². The van der Waals surface area contributed by atoms with Gasteiger partial charge < -0.3 is 30.7 Å². The van der Waals surface area contributed by atoms with E-state index in [2.05, 4.69) is 21.3 Å². The summed E-state index contributed by atoms with van der Waals surface area (Å²) in [5, 5.41) is 9.92. The molecule has 0 aliphatic rings. The molecule has 0 aromatic carbocycles. The second-order valence-corrected chi connectivity index (χ2v) is 8.70. The van der Waals surface area contributed by atoms with Crippen molar-refractivity contribution in [2.45, 2.75) is 139 Å². The van der Waals surface area contributed by atoms with E-state index < -0.39 is 55.0 Å². The Morgan fingerprint density at radius 2 is 0.953 bits per heavy atom. The summed E-state index contributed by atoms with van der Waals surface area (Å²) < 4.78 is 10.0. The van der Waals surface area contributed by atoms with E-state index in [1.54, 1.807) is 7.05 Å². The first kappa shape index (κ1) is 67.6. The number of likely N-dealkylation sites (N-methyl/N-ethyl adjacent to an activating group) is 1. The molecule has 0 fully saturated rings. The van der Waals surface area contributed by atoms with Crippen LogP contribution in [0.5, 0.6) is 0 Å². The summed E-state index contributed by atoms with van der Waals surface area (Å²) in [6.45, 7) is 8.02. The van der Waals surface area contributed by atoms with Gasteiger partial charge in [-0.25, -0.2) is 4.79 Å². The van der Waals surface area contributed by atoms with E-state index in [9.17, 15) is 28.8 Å². The van der Waals surface area contributed by atoms with Gasteiger partial charge in [-0.05, 0) is 38.6 Å². The number of carbonyl (C=O) groups excluding carboxylic acids is 6. The molecule has 0 saturated carbocycles. The number of esters is 2. The van der Waals surface area contributed by atoms with Gasteiger partial charge >= 0.3 is 11.9 Å². The van der Waals surface area contributed by atoms with E-state index in [0.717, 1.165) is 0 Å². The minimum Gasteiger partial charge on any atom is -0.427 e. The highest BCUT2D eigenvalue weighted by Gasteiger charge is 2.25. The molecule has 0 aliphatic carbocycles. The number of ether oxygens (including phenoxy) is 2. The quantitative estimate of drug-likeness (QED) is 0.0980. The lowest BCUT2D eigenvalue weighted by atomic mass is 10.0. The number of ketones is 1. The minimum atomic E-state index is -1.04. The highest BCUT2D eigenvalue weighted by Crippen LogP contribution is 2.08. The first-order valence-corrected chi connectivity index (χ1v) is 11.2. The summed E-state index contributed by atoms with van der Waals surface area (Å²) in [7, 11) is 1.63. The van der Waals surface area contributed by atoms with Crippen LogP contribution in [0, 0.1) is 11.8 Å². The van der Waals surface area contributed by atoms with Crippen LogP contribution in [0.4, 0.5) is 0 Å². The fraction of sp³-hybridized carbons (Fsp3) is 0.806. The third-order valence-electron chi connectivity index (χ3n) is 4.37. The molecule has 0 bridgehead atoms. The van der Waals surface area contributed by atoms with Gasteiger partial charge in [0.1, 0.15) is 24.3 Å². The predicted octanol–water partition coefficient (Wildman–Crippen LogP) is 5.48. The lowest BCUT2D eigenvalue weighted by Crippen LogP contribution is -2.45. The van der Waals surface area contributed by atoms with Gasteiger partial charge in [0.15, 0.2) is 0 Å². The highest BCUT2D eigenvalue weighted by molar-refractivity contribution is 5.99. The van der Waals surface area contributed by atoms with Crippen LogP contribution < -0.4 is 21.3 Å². The van der Waals surface area contributed by atoms with E-state index >= 15 is 0 Å². The van der Waals surface area contributed by atoms with Crippen molar-refractivity contribution in [1.29, 1.82) is 0 Å². The third-order valence-corrected chi connectivity index (χ3v) is 4.37. The molecule has 0 saturated heterocycles. The fourth-order valence-corrected chi connectivity index (χ4v) is 2.82. The largest absolute Gasteiger partial charge is 0.427 e. The molecule has 12 heteroatoms. The fourth-order valence-electron chi connectivity index (χ4n) is 2.82.